The molecule has 0 spiro atoms. The molecule has 0 saturated heterocycles. The summed E-state index contributed by atoms with van der Waals surface area (Å²) in [7, 11) is -3.11. The molecule has 8 heteroatoms. The molecule has 0 fully saturated rings. The molecule has 1 aliphatic rings. The summed E-state index contributed by atoms with van der Waals surface area (Å²) < 4.78 is 26.9. The van der Waals surface area contributed by atoms with E-state index >= 15 is 0 Å². The second-order valence-electron chi connectivity index (χ2n) is 6.17. The van der Waals surface area contributed by atoms with Crippen LogP contribution in [-0.2, 0) is 16.6 Å². The number of hydrogen-bond donors (Lipinski definition) is 2. The summed E-state index contributed by atoms with van der Waals surface area (Å²) in [4.78, 5) is 0. The molecule has 2 heterocycles. The second kappa shape index (κ2) is 7.43. The van der Waals surface area contributed by atoms with Crippen molar-refractivity contribution in [3.05, 3.63) is 12.3 Å². The molecular formula is C14H27N5O2S. The SMILES string of the molecule is CC(C)N(CCCNC[C@H]1CNc2ccnn2C1)S(C)(=O)=O. The van der Waals surface area contributed by atoms with Crippen LogP contribution in [0.15, 0.2) is 12.3 Å². The van der Waals surface area contributed by atoms with Gasteiger partial charge in [0.1, 0.15) is 5.82 Å². The van der Waals surface area contributed by atoms with E-state index in [1.165, 1.54) is 6.26 Å². The Balaban J connectivity index is 1.66. The third-order valence-corrected chi connectivity index (χ3v) is 5.34. The van der Waals surface area contributed by atoms with Crippen molar-refractivity contribution in [1.82, 2.24) is 19.4 Å². The fourth-order valence-electron chi connectivity index (χ4n) is 2.80. The largest absolute Gasteiger partial charge is 0.370 e. The average Bonchev–Trinajstić information content (AvgIpc) is 2.88. The molecule has 0 aliphatic carbocycles. The van der Waals surface area contributed by atoms with Crippen LogP contribution >= 0.6 is 0 Å². The van der Waals surface area contributed by atoms with Crippen molar-refractivity contribution in [2.45, 2.75) is 32.9 Å². The average molecular weight is 329 g/mol. The lowest BCUT2D eigenvalue weighted by Crippen LogP contribution is -2.39. The fraction of sp³-hybridized carbons (Fsp3) is 0.786. The predicted molar refractivity (Wildman–Crippen MR) is 88.4 cm³/mol. The number of nitrogens with zero attached hydrogens (tertiary/aromatic N) is 3. The zero-order chi connectivity index (χ0) is 16.2. The summed E-state index contributed by atoms with van der Waals surface area (Å²) in [5.41, 5.74) is 0. The first-order valence-corrected chi connectivity index (χ1v) is 9.66. The highest BCUT2D eigenvalue weighted by molar-refractivity contribution is 7.88. The third-order valence-electron chi connectivity index (χ3n) is 3.89. The highest BCUT2D eigenvalue weighted by atomic mass is 32.2. The van der Waals surface area contributed by atoms with Crippen molar-refractivity contribution in [3.8, 4) is 0 Å². The van der Waals surface area contributed by atoms with E-state index in [-0.39, 0.29) is 6.04 Å². The molecule has 0 aromatic carbocycles. The Kier molecular flexibility index (Phi) is 5.82. The molecule has 2 N–H and O–H groups in total. The number of sulfonamides is 1. The minimum absolute atomic E-state index is 0.00998. The number of anilines is 1. The molecule has 7 nitrogen and oxygen atoms in total. The Bertz CT molecular complexity index is 570. The van der Waals surface area contributed by atoms with Crippen molar-refractivity contribution in [3.63, 3.8) is 0 Å². The Labute approximate surface area is 133 Å². The van der Waals surface area contributed by atoms with Crippen molar-refractivity contribution in [2.24, 2.45) is 5.92 Å². The van der Waals surface area contributed by atoms with E-state index in [0.29, 0.717) is 12.5 Å². The van der Waals surface area contributed by atoms with E-state index < -0.39 is 10.0 Å². The topological polar surface area (TPSA) is 79.3 Å². The lowest BCUT2D eigenvalue weighted by atomic mass is 10.1. The number of aromatic nitrogens is 2. The summed E-state index contributed by atoms with van der Waals surface area (Å²) >= 11 is 0. The quantitative estimate of drug-likeness (QED) is 0.682. The zero-order valence-corrected chi connectivity index (χ0v) is 14.4. The summed E-state index contributed by atoms with van der Waals surface area (Å²) in [6.45, 7) is 7.97. The van der Waals surface area contributed by atoms with Crippen LogP contribution in [0.5, 0.6) is 0 Å². The Hall–Kier alpha value is -1.12. The van der Waals surface area contributed by atoms with Crippen LogP contribution in [-0.4, -0.2) is 61.0 Å². The molecule has 22 heavy (non-hydrogen) atoms. The maximum Gasteiger partial charge on any atom is 0.211 e. The van der Waals surface area contributed by atoms with Gasteiger partial charge in [-0.25, -0.2) is 13.1 Å². The smallest absolute Gasteiger partial charge is 0.211 e. The van der Waals surface area contributed by atoms with E-state index in [4.69, 9.17) is 0 Å². The molecule has 1 atom stereocenters. The standard InChI is InChI=1S/C14H27N5O2S/c1-12(2)19(22(3,20)21)8-4-6-15-9-13-10-16-14-5-7-17-18(14)11-13/h5,7,12-13,15-16H,4,6,8-11H2,1-3H3/t13-/m0/s1. The first-order chi connectivity index (χ1) is 10.4. The molecule has 1 aromatic heterocycles. The van der Waals surface area contributed by atoms with Gasteiger partial charge in [0.25, 0.3) is 0 Å². The van der Waals surface area contributed by atoms with Gasteiger partial charge in [0.15, 0.2) is 0 Å². The lowest BCUT2D eigenvalue weighted by molar-refractivity contribution is 0.342. The van der Waals surface area contributed by atoms with Gasteiger partial charge in [-0.1, -0.05) is 0 Å². The Morgan fingerprint density at radius 3 is 3.00 bits per heavy atom. The number of fused-ring (bicyclic) bond motifs is 1. The number of hydrogen-bond acceptors (Lipinski definition) is 5. The Morgan fingerprint density at radius 1 is 1.55 bits per heavy atom. The molecule has 1 aliphatic heterocycles. The van der Waals surface area contributed by atoms with Gasteiger partial charge in [-0.05, 0) is 26.8 Å². The minimum atomic E-state index is -3.11. The molecule has 0 radical (unpaired) electrons. The highest BCUT2D eigenvalue weighted by Crippen LogP contribution is 2.15. The van der Waals surface area contributed by atoms with Crippen LogP contribution in [0.3, 0.4) is 0 Å². The molecule has 1 aromatic rings. The van der Waals surface area contributed by atoms with Crippen LogP contribution in [0.1, 0.15) is 20.3 Å². The van der Waals surface area contributed by atoms with Crippen LogP contribution in [0, 0.1) is 5.92 Å². The third kappa shape index (κ3) is 4.69. The van der Waals surface area contributed by atoms with Crippen molar-refractivity contribution >= 4 is 15.8 Å². The van der Waals surface area contributed by atoms with Crippen molar-refractivity contribution < 1.29 is 8.42 Å². The molecule has 126 valence electrons. The lowest BCUT2D eigenvalue weighted by Gasteiger charge is -2.26. The van der Waals surface area contributed by atoms with Crippen LogP contribution in [0.4, 0.5) is 5.82 Å². The van der Waals surface area contributed by atoms with E-state index in [9.17, 15) is 8.42 Å². The van der Waals surface area contributed by atoms with E-state index in [2.05, 4.69) is 15.7 Å². The van der Waals surface area contributed by atoms with Gasteiger partial charge in [-0.3, -0.25) is 0 Å². The minimum Gasteiger partial charge on any atom is -0.370 e. The maximum absolute atomic E-state index is 11.7. The summed E-state index contributed by atoms with van der Waals surface area (Å²) in [6.07, 6.45) is 3.90. The highest BCUT2D eigenvalue weighted by Gasteiger charge is 2.20. The number of nitrogens with one attached hydrogen (secondary N) is 2. The van der Waals surface area contributed by atoms with E-state index in [1.807, 2.05) is 30.8 Å². The second-order valence-corrected chi connectivity index (χ2v) is 8.11. The van der Waals surface area contributed by atoms with Crippen LogP contribution in [0.25, 0.3) is 0 Å². The molecule has 2 rings (SSSR count). The number of rotatable bonds is 8. The van der Waals surface area contributed by atoms with Crippen molar-refractivity contribution in [1.29, 1.82) is 0 Å². The maximum atomic E-state index is 11.7. The summed E-state index contributed by atoms with van der Waals surface area (Å²) in [5, 5.41) is 11.1. The van der Waals surface area contributed by atoms with E-state index in [0.717, 1.165) is 38.4 Å². The first kappa shape index (κ1) is 17.2. The monoisotopic (exact) mass is 329 g/mol. The van der Waals surface area contributed by atoms with Gasteiger partial charge in [-0.15, -0.1) is 0 Å². The summed E-state index contributed by atoms with van der Waals surface area (Å²) in [6, 6.07) is 1.99. The van der Waals surface area contributed by atoms with Crippen LogP contribution in [0.2, 0.25) is 0 Å². The van der Waals surface area contributed by atoms with Crippen molar-refractivity contribution in [2.75, 3.05) is 37.8 Å². The van der Waals surface area contributed by atoms with Gasteiger partial charge in [0.05, 0.1) is 12.5 Å². The molecule has 0 unspecified atom stereocenters. The first-order valence-electron chi connectivity index (χ1n) is 7.81. The summed E-state index contributed by atoms with van der Waals surface area (Å²) in [5.74, 6) is 1.58. The van der Waals surface area contributed by atoms with Crippen LogP contribution < -0.4 is 10.6 Å². The molecule has 0 amide bonds. The Morgan fingerprint density at radius 2 is 2.32 bits per heavy atom. The molecule has 0 saturated carbocycles. The fourth-order valence-corrected chi connectivity index (χ4v) is 4.02. The van der Waals surface area contributed by atoms with E-state index in [1.54, 1.807) is 4.31 Å². The van der Waals surface area contributed by atoms with Gasteiger partial charge >= 0.3 is 0 Å². The zero-order valence-electron chi connectivity index (χ0n) is 13.6. The predicted octanol–water partition coefficient (Wildman–Crippen LogP) is 0.575. The molecular weight excluding hydrogens is 302 g/mol. The van der Waals surface area contributed by atoms with Gasteiger partial charge in [-0.2, -0.15) is 9.40 Å². The normalized spacial score (nSPS) is 18.5. The van der Waals surface area contributed by atoms with Gasteiger partial charge < -0.3 is 10.6 Å². The van der Waals surface area contributed by atoms with Gasteiger partial charge in [0.2, 0.25) is 10.0 Å². The molecule has 0 bridgehead atoms. The van der Waals surface area contributed by atoms with Gasteiger partial charge in [0, 0.05) is 44.2 Å².